The molecule has 0 bridgehead atoms. The molecule has 13 aromatic rings. The van der Waals surface area contributed by atoms with E-state index in [9.17, 15) is 0 Å². The first-order valence-electron chi connectivity index (χ1n) is 57.8. The molecule has 3 aromatic heterocycles. The molecule has 0 spiro atoms. The van der Waals surface area contributed by atoms with Crippen LogP contribution >= 0.6 is 0 Å². The fourth-order valence-electron chi connectivity index (χ4n) is 25.2. The van der Waals surface area contributed by atoms with Gasteiger partial charge in [0.15, 0.2) is 0 Å². The van der Waals surface area contributed by atoms with Gasteiger partial charge in [0.2, 0.25) is 0 Å². The summed E-state index contributed by atoms with van der Waals surface area (Å²) < 4.78 is 10.5. The van der Waals surface area contributed by atoms with Gasteiger partial charge in [-0.05, 0) is 175 Å². The average molecular weight is 1950 g/mol. The Bertz CT molecular complexity index is 6050. The number of rotatable bonds is 64. The summed E-state index contributed by atoms with van der Waals surface area (Å²) in [5.41, 5.74) is 39.6. The van der Waals surface area contributed by atoms with E-state index in [0.29, 0.717) is 0 Å². The zero-order valence-electron chi connectivity index (χ0n) is 88.3. The van der Waals surface area contributed by atoms with Gasteiger partial charge in [-0.2, -0.15) is 0 Å². The van der Waals surface area contributed by atoms with Crippen LogP contribution in [0.15, 0.2) is 243 Å². The van der Waals surface area contributed by atoms with Crippen LogP contribution in [-0.2, 0) is 16.2 Å². The second-order valence-electron chi connectivity index (χ2n) is 43.3. The van der Waals surface area contributed by atoms with Crippen LogP contribution in [0.1, 0.15) is 444 Å². The Hall–Kier alpha value is -9.90. The van der Waals surface area contributed by atoms with Gasteiger partial charge in [0, 0.05) is 35.6 Å². The predicted molar refractivity (Wildman–Crippen MR) is 617 cm³/mol. The fourth-order valence-corrected chi connectivity index (χ4v) is 26.4. The molecule has 0 aliphatic heterocycles. The van der Waals surface area contributed by atoms with Gasteiger partial charge >= 0.3 is 250 Å². The molecule has 0 radical (unpaired) electrons. The van der Waals surface area contributed by atoms with E-state index in [1.807, 2.05) is 24.8 Å². The number of unbranched alkanes of at least 4 members (excludes halogenated alkanes) is 42. The quantitative estimate of drug-likeness (QED) is 0.0282. The van der Waals surface area contributed by atoms with Crippen molar-refractivity contribution in [1.82, 2.24) is 17.9 Å². The predicted octanol–water partition coefficient (Wildman–Crippen LogP) is 41.8. The van der Waals surface area contributed by atoms with Crippen LogP contribution in [0.5, 0.6) is 0 Å². The minimum Gasteiger partial charge on any atom is -0.265 e. The second-order valence-corrected chi connectivity index (χ2v) is 44.4. The summed E-state index contributed by atoms with van der Waals surface area (Å²) in [4.78, 5) is 9.14. The molecular weight excluding hydrogens is 1780 g/mol. The molecule has 0 N–H and O–H groups in total. The SMILES string of the molecule is CCCCCCCCCCC1(CCCCCCCCCC)c2cc(-c3ccccc3)ccc2-c2ccc(-c3ccc4c(c3)C(CCCCCCCCCC)(CCCCCCCCCC)c3cc(-c5cc(/C=C/c6ccncc6)c(-c6ccc7c(c6)C(CCCCCCCCCC)(CCCCCCCCCC)c6cc(-c8ccc(-c9ccccc9)c9n[se]nc89)ccc6-7)cc5/C=C/c5ccncc5)ccc3-4)cc21. The van der Waals surface area contributed by atoms with E-state index < -0.39 is 0 Å². The maximum absolute atomic E-state index is 5.30. The van der Waals surface area contributed by atoms with Crippen LogP contribution in [0.2, 0.25) is 0 Å². The molecule has 0 saturated heterocycles. The molecule has 0 unspecified atom stereocenters. The van der Waals surface area contributed by atoms with Crippen molar-refractivity contribution >= 4 is 50.3 Å². The third-order valence-electron chi connectivity index (χ3n) is 33.2. The first-order valence-corrected chi connectivity index (χ1v) is 59.4. The van der Waals surface area contributed by atoms with Crippen molar-refractivity contribution in [3.05, 3.63) is 299 Å². The maximum atomic E-state index is 5.30. The van der Waals surface area contributed by atoms with Crippen LogP contribution in [0.4, 0.5) is 0 Å². The number of fused-ring (bicyclic) bond motifs is 10. The van der Waals surface area contributed by atoms with E-state index in [1.165, 1.54) is 443 Å². The molecule has 10 aromatic carbocycles. The molecular formula is C137H170N4Se. The zero-order chi connectivity index (χ0) is 97.7. The second kappa shape index (κ2) is 54.9. The van der Waals surface area contributed by atoms with Gasteiger partial charge in [0.05, 0.1) is 0 Å². The minimum absolute atomic E-state index is 0.0768. The van der Waals surface area contributed by atoms with Crippen LogP contribution < -0.4 is 0 Å². The van der Waals surface area contributed by atoms with Gasteiger partial charge in [0.1, 0.15) is 0 Å². The van der Waals surface area contributed by atoms with Gasteiger partial charge in [-0.15, -0.1) is 0 Å². The van der Waals surface area contributed by atoms with Crippen molar-refractivity contribution in [2.45, 2.75) is 405 Å². The zero-order valence-corrected chi connectivity index (χ0v) is 90.0. The van der Waals surface area contributed by atoms with Crippen molar-refractivity contribution in [3.63, 3.8) is 0 Å². The average Bonchev–Trinajstić information content (AvgIpc) is 1.57. The van der Waals surface area contributed by atoms with Crippen molar-refractivity contribution in [1.29, 1.82) is 0 Å². The first kappa shape index (κ1) is 105. The van der Waals surface area contributed by atoms with Gasteiger partial charge in [0.25, 0.3) is 0 Å². The number of benzene rings is 10. The van der Waals surface area contributed by atoms with Gasteiger partial charge in [-0.25, -0.2) is 0 Å². The van der Waals surface area contributed by atoms with Crippen molar-refractivity contribution < 1.29 is 0 Å². The van der Waals surface area contributed by atoms with Gasteiger partial charge in [-0.3, -0.25) is 9.97 Å². The molecule has 5 heteroatoms. The Morgan fingerprint density at radius 3 is 0.683 bits per heavy atom. The smallest absolute Gasteiger partial charge is 0.265 e. The van der Waals surface area contributed by atoms with E-state index in [0.717, 1.165) is 47.8 Å². The Morgan fingerprint density at radius 2 is 0.408 bits per heavy atom. The van der Waals surface area contributed by atoms with E-state index in [4.69, 9.17) is 7.96 Å². The van der Waals surface area contributed by atoms with Crippen molar-refractivity contribution in [2.75, 3.05) is 0 Å². The molecule has 3 aliphatic rings. The summed E-state index contributed by atoms with van der Waals surface area (Å²) in [6.07, 6.45) is 87.2. The van der Waals surface area contributed by atoms with E-state index >= 15 is 0 Å². The molecule has 4 nitrogen and oxygen atoms in total. The Kier molecular flexibility index (Phi) is 40.5. The number of hydrogen-bond acceptors (Lipinski definition) is 4. The van der Waals surface area contributed by atoms with Crippen LogP contribution in [0, 0.1) is 0 Å². The van der Waals surface area contributed by atoms with Crippen molar-refractivity contribution in [3.8, 4) is 100 Å². The number of nitrogens with zero attached hydrogens (tertiary/aromatic N) is 4. The number of hydrogen-bond donors (Lipinski definition) is 0. The Labute approximate surface area is 865 Å². The summed E-state index contributed by atoms with van der Waals surface area (Å²) in [6.45, 7) is 14.1. The molecule has 0 amide bonds. The van der Waals surface area contributed by atoms with Gasteiger partial charge in [-0.1, -0.05) is 402 Å². The van der Waals surface area contributed by atoms with Crippen molar-refractivity contribution in [2.24, 2.45) is 0 Å². The monoisotopic (exact) mass is 1950 g/mol. The van der Waals surface area contributed by atoms with Crippen LogP contribution in [-0.4, -0.2) is 32.9 Å². The molecule has 16 rings (SSSR count). The normalized spacial score (nSPS) is 13.5. The Balaban J connectivity index is 0.844. The molecule has 744 valence electrons. The molecule has 0 fully saturated rings. The number of aromatic nitrogens is 4. The van der Waals surface area contributed by atoms with E-state index in [2.05, 4.69) is 294 Å². The third-order valence-corrected chi connectivity index (χ3v) is 34.4. The molecule has 0 saturated carbocycles. The first-order chi connectivity index (χ1) is 70.2. The van der Waals surface area contributed by atoms with Gasteiger partial charge < -0.3 is 0 Å². The van der Waals surface area contributed by atoms with Crippen LogP contribution in [0.3, 0.4) is 0 Å². The molecule has 142 heavy (non-hydrogen) atoms. The van der Waals surface area contributed by atoms with Crippen LogP contribution in [0.25, 0.3) is 135 Å². The molecule has 3 heterocycles. The topological polar surface area (TPSA) is 51.6 Å². The standard InChI is InChI=1S/C137H170N4Se/c1-7-13-19-25-31-37-43-55-87-135(88-56-44-38-32-26-20-14-8-2)127-99-109(107-61-51-49-52-62-107)69-75-119(127)120-76-70-110(100-128(120)135)111-71-77-121-123-79-73-115(103-131(123)136(129(121)101-111,89-57-45-39-33-27-21-15-9-3)90-58-46-40-34-28-22-16-10-4)125-97-113(68-66-106-85-95-139-96-86-106)126(98-112(125)67-65-105-83-93-138-94-84-105)116-74-80-124-122-78-72-114(118-82-81-117(108-63-53-50-54-64-108)133-134(118)141-142-140-133)102-130(122)137(132(124)104-116,91-59-47-41-35-29-23-17-11-5)92-60-48-42-36-30-24-18-12-6/h49-54,61-86,93-104H,7-48,55-60,87-92H2,1-6H3/b67-65+,68-66+. The minimum atomic E-state index is -0.207. The summed E-state index contributed by atoms with van der Waals surface area (Å²) >= 11 is -0.200. The number of pyridine rings is 2. The molecule has 0 atom stereocenters. The summed E-state index contributed by atoms with van der Waals surface area (Å²) in [6, 6.07) is 87.6. The fraction of sp³-hybridized carbons (Fsp3) is 0.460. The van der Waals surface area contributed by atoms with E-state index in [1.54, 1.807) is 22.3 Å². The Morgan fingerprint density at radius 1 is 0.190 bits per heavy atom. The third kappa shape index (κ3) is 26.3. The summed E-state index contributed by atoms with van der Waals surface area (Å²) in [5.74, 6) is 0. The molecule has 3 aliphatic carbocycles. The van der Waals surface area contributed by atoms with E-state index in [-0.39, 0.29) is 31.2 Å². The summed E-state index contributed by atoms with van der Waals surface area (Å²) in [7, 11) is 0. The summed E-state index contributed by atoms with van der Waals surface area (Å²) in [5, 5.41) is 0.